The van der Waals surface area contributed by atoms with E-state index < -0.39 is 0 Å². The fraction of sp³-hybridized carbons (Fsp3) is 0.727. The average molecular weight is 211 g/mol. The van der Waals surface area contributed by atoms with Crippen molar-refractivity contribution in [3.63, 3.8) is 0 Å². The van der Waals surface area contributed by atoms with Gasteiger partial charge in [-0.15, -0.1) is 0 Å². The van der Waals surface area contributed by atoms with Crippen LogP contribution in [0.15, 0.2) is 12.4 Å². The van der Waals surface area contributed by atoms with Gasteiger partial charge in [0.2, 0.25) is 5.95 Å². The van der Waals surface area contributed by atoms with E-state index in [0.29, 0.717) is 5.92 Å². The smallest absolute Gasteiger partial charge is 0.202 e. The van der Waals surface area contributed by atoms with Crippen molar-refractivity contribution in [2.75, 3.05) is 18.5 Å². The minimum Gasteiger partial charge on any atom is -0.396 e. The first kappa shape index (κ1) is 12.0. The van der Waals surface area contributed by atoms with E-state index >= 15 is 0 Å². The monoisotopic (exact) mass is 211 g/mol. The first-order valence-electron chi connectivity index (χ1n) is 5.63. The molecule has 0 amide bonds. The Morgan fingerprint density at radius 1 is 1.60 bits per heavy atom. The van der Waals surface area contributed by atoms with E-state index in [9.17, 15) is 0 Å². The minimum atomic E-state index is 0.281. The maximum atomic E-state index is 8.86. The van der Waals surface area contributed by atoms with Crippen molar-refractivity contribution in [1.29, 1.82) is 0 Å². The molecular formula is C11H21N3O. The van der Waals surface area contributed by atoms with Gasteiger partial charge in [-0.25, -0.2) is 4.98 Å². The van der Waals surface area contributed by atoms with E-state index in [1.807, 2.05) is 12.4 Å². The number of hydrogen-bond acceptors (Lipinski definition) is 3. The van der Waals surface area contributed by atoms with Gasteiger partial charge in [-0.05, 0) is 25.7 Å². The lowest BCUT2D eigenvalue weighted by atomic mass is 10.1. The van der Waals surface area contributed by atoms with Gasteiger partial charge in [-0.1, -0.05) is 6.92 Å². The lowest BCUT2D eigenvalue weighted by Gasteiger charge is -2.09. The molecule has 4 heteroatoms. The molecule has 1 rings (SSSR count). The molecule has 2 N–H and O–H groups in total. The summed E-state index contributed by atoms with van der Waals surface area (Å²) in [5.41, 5.74) is 0. The Bertz CT molecular complexity index is 273. The molecule has 0 aliphatic carbocycles. The van der Waals surface area contributed by atoms with Crippen molar-refractivity contribution in [3.05, 3.63) is 12.4 Å². The van der Waals surface area contributed by atoms with Crippen LogP contribution in [0.4, 0.5) is 5.95 Å². The Labute approximate surface area is 91.3 Å². The summed E-state index contributed by atoms with van der Waals surface area (Å²) in [6.07, 6.45) is 5.90. The molecule has 1 aromatic heterocycles. The predicted molar refractivity (Wildman–Crippen MR) is 61.9 cm³/mol. The Kier molecular flexibility index (Phi) is 5.18. The van der Waals surface area contributed by atoms with Crippen LogP contribution in [0, 0.1) is 5.92 Å². The summed E-state index contributed by atoms with van der Waals surface area (Å²) in [7, 11) is 0. The van der Waals surface area contributed by atoms with Gasteiger partial charge in [0, 0.05) is 32.1 Å². The van der Waals surface area contributed by atoms with Crippen molar-refractivity contribution in [3.8, 4) is 0 Å². The molecule has 0 aromatic carbocycles. The lowest BCUT2D eigenvalue weighted by Crippen LogP contribution is -2.10. The number of aromatic nitrogens is 2. The maximum absolute atomic E-state index is 8.86. The molecule has 0 bridgehead atoms. The summed E-state index contributed by atoms with van der Waals surface area (Å²) < 4.78 is 2.08. The first-order valence-corrected chi connectivity index (χ1v) is 5.63. The van der Waals surface area contributed by atoms with E-state index in [1.54, 1.807) is 0 Å². The number of imidazole rings is 1. The van der Waals surface area contributed by atoms with E-state index in [-0.39, 0.29) is 6.61 Å². The SMILES string of the molecule is CCn1ccnc1NCCCC(C)CO. The Hall–Kier alpha value is -1.03. The second-order valence-corrected chi connectivity index (χ2v) is 3.89. The van der Waals surface area contributed by atoms with Crippen molar-refractivity contribution < 1.29 is 5.11 Å². The van der Waals surface area contributed by atoms with Crippen LogP contribution in [0.25, 0.3) is 0 Å². The highest BCUT2D eigenvalue weighted by Crippen LogP contribution is 2.06. The van der Waals surface area contributed by atoms with E-state index in [4.69, 9.17) is 5.11 Å². The van der Waals surface area contributed by atoms with Gasteiger partial charge in [0.15, 0.2) is 0 Å². The number of rotatable bonds is 7. The van der Waals surface area contributed by atoms with Crippen molar-refractivity contribution in [2.45, 2.75) is 33.2 Å². The highest BCUT2D eigenvalue weighted by Gasteiger charge is 2.01. The molecule has 0 radical (unpaired) electrons. The Morgan fingerprint density at radius 3 is 3.07 bits per heavy atom. The normalized spacial score (nSPS) is 12.7. The van der Waals surface area contributed by atoms with Crippen LogP contribution in [0.2, 0.25) is 0 Å². The number of nitrogens with one attached hydrogen (secondary N) is 1. The molecule has 15 heavy (non-hydrogen) atoms. The molecule has 4 nitrogen and oxygen atoms in total. The van der Waals surface area contributed by atoms with E-state index in [1.165, 1.54) is 0 Å². The van der Waals surface area contributed by atoms with Gasteiger partial charge >= 0.3 is 0 Å². The zero-order valence-electron chi connectivity index (χ0n) is 9.61. The van der Waals surface area contributed by atoms with Gasteiger partial charge in [0.1, 0.15) is 0 Å². The summed E-state index contributed by atoms with van der Waals surface area (Å²) in [6, 6.07) is 0. The third-order valence-corrected chi connectivity index (χ3v) is 2.52. The molecule has 0 aliphatic heterocycles. The quantitative estimate of drug-likeness (QED) is 0.675. The summed E-state index contributed by atoms with van der Waals surface area (Å²) in [5.74, 6) is 1.34. The van der Waals surface area contributed by atoms with Gasteiger partial charge in [-0.2, -0.15) is 0 Å². The number of aliphatic hydroxyl groups excluding tert-OH is 1. The highest BCUT2D eigenvalue weighted by atomic mass is 16.3. The maximum Gasteiger partial charge on any atom is 0.202 e. The Morgan fingerprint density at radius 2 is 2.40 bits per heavy atom. The van der Waals surface area contributed by atoms with Gasteiger partial charge < -0.3 is 15.0 Å². The second-order valence-electron chi connectivity index (χ2n) is 3.89. The second kappa shape index (κ2) is 6.45. The summed E-state index contributed by atoms with van der Waals surface area (Å²) in [4.78, 5) is 4.23. The fourth-order valence-electron chi connectivity index (χ4n) is 1.47. The fourth-order valence-corrected chi connectivity index (χ4v) is 1.47. The van der Waals surface area contributed by atoms with Crippen LogP contribution in [-0.4, -0.2) is 27.8 Å². The standard InChI is InChI=1S/C11H21N3O/c1-3-14-8-7-13-11(14)12-6-4-5-10(2)9-15/h7-8,10,15H,3-6,9H2,1-2H3,(H,12,13). The average Bonchev–Trinajstić information content (AvgIpc) is 2.71. The highest BCUT2D eigenvalue weighted by molar-refractivity contribution is 5.25. The Balaban J connectivity index is 2.20. The zero-order valence-corrected chi connectivity index (χ0v) is 9.61. The predicted octanol–water partition coefficient (Wildman–Crippen LogP) is 1.72. The molecule has 0 saturated carbocycles. The van der Waals surface area contributed by atoms with E-state index in [2.05, 4.69) is 28.7 Å². The van der Waals surface area contributed by atoms with Crippen LogP contribution >= 0.6 is 0 Å². The number of anilines is 1. The van der Waals surface area contributed by atoms with Crippen molar-refractivity contribution in [1.82, 2.24) is 9.55 Å². The molecular weight excluding hydrogens is 190 g/mol. The van der Waals surface area contributed by atoms with Crippen LogP contribution in [0.1, 0.15) is 26.7 Å². The molecule has 0 saturated heterocycles. The molecule has 1 heterocycles. The summed E-state index contributed by atoms with van der Waals surface area (Å²) in [5, 5.41) is 12.2. The van der Waals surface area contributed by atoms with Crippen molar-refractivity contribution in [2.24, 2.45) is 5.92 Å². The summed E-state index contributed by atoms with van der Waals surface area (Å²) in [6.45, 7) is 6.30. The minimum absolute atomic E-state index is 0.281. The zero-order chi connectivity index (χ0) is 11.1. The molecule has 86 valence electrons. The third kappa shape index (κ3) is 3.91. The lowest BCUT2D eigenvalue weighted by molar-refractivity contribution is 0.229. The number of aliphatic hydroxyl groups is 1. The summed E-state index contributed by atoms with van der Waals surface area (Å²) >= 11 is 0. The third-order valence-electron chi connectivity index (χ3n) is 2.52. The molecule has 0 spiro atoms. The van der Waals surface area contributed by atoms with Crippen molar-refractivity contribution >= 4 is 5.95 Å². The topological polar surface area (TPSA) is 50.1 Å². The molecule has 1 aromatic rings. The van der Waals surface area contributed by atoms with Crippen LogP contribution in [-0.2, 0) is 6.54 Å². The molecule has 1 unspecified atom stereocenters. The largest absolute Gasteiger partial charge is 0.396 e. The van der Waals surface area contributed by atoms with Crippen LogP contribution in [0.5, 0.6) is 0 Å². The van der Waals surface area contributed by atoms with Crippen LogP contribution < -0.4 is 5.32 Å². The first-order chi connectivity index (χ1) is 7.27. The van der Waals surface area contributed by atoms with E-state index in [0.717, 1.165) is 31.9 Å². The van der Waals surface area contributed by atoms with Gasteiger partial charge in [0.25, 0.3) is 0 Å². The molecule has 0 aliphatic rings. The number of hydrogen-bond donors (Lipinski definition) is 2. The molecule has 0 fully saturated rings. The number of aryl methyl sites for hydroxylation is 1. The molecule has 1 atom stereocenters. The number of nitrogens with zero attached hydrogens (tertiary/aromatic N) is 2. The van der Waals surface area contributed by atoms with Crippen LogP contribution in [0.3, 0.4) is 0 Å². The van der Waals surface area contributed by atoms with Gasteiger partial charge in [-0.3, -0.25) is 0 Å². The van der Waals surface area contributed by atoms with Gasteiger partial charge in [0.05, 0.1) is 0 Å².